The van der Waals surface area contributed by atoms with E-state index < -0.39 is 5.60 Å². The Bertz CT molecular complexity index is 1060. The van der Waals surface area contributed by atoms with E-state index in [1.807, 2.05) is 64.0 Å². The number of aromatic nitrogens is 1. The summed E-state index contributed by atoms with van der Waals surface area (Å²) in [6.45, 7) is 10.6. The molecular weight excluding hydrogens is 421 g/mol. The summed E-state index contributed by atoms with van der Waals surface area (Å²) in [6.07, 6.45) is 2.34. The van der Waals surface area contributed by atoms with Gasteiger partial charge >= 0.3 is 6.09 Å². The highest BCUT2D eigenvalue weighted by molar-refractivity contribution is 5.72. The minimum atomic E-state index is -0.519. The summed E-state index contributed by atoms with van der Waals surface area (Å²) in [5, 5.41) is 0. The van der Waals surface area contributed by atoms with Crippen LogP contribution in [0.25, 0.3) is 11.3 Å². The summed E-state index contributed by atoms with van der Waals surface area (Å²) in [4.78, 5) is 20.3. The molecule has 33 heavy (non-hydrogen) atoms. The van der Waals surface area contributed by atoms with E-state index in [4.69, 9.17) is 9.47 Å². The molecule has 0 unspecified atom stereocenters. The van der Waals surface area contributed by atoms with Crippen LogP contribution in [0.5, 0.6) is 5.88 Å². The first-order valence-electron chi connectivity index (χ1n) is 11.0. The molecule has 1 aromatic carbocycles. The maximum absolute atomic E-state index is 14.5. The van der Waals surface area contributed by atoms with Crippen LogP contribution in [0.2, 0.25) is 0 Å². The molecule has 0 N–H and O–H groups in total. The van der Waals surface area contributed by atoms with Crippen LogP contribution in [0.1, 0.15) is 44.0 Å². The number of ether oxygens (including phenoxy) is 2. The van der Waals surface area contributed by atoms with Gasteiger partial charge in [0.25, 0.3) is 0 Å². The smallest absolute Gasteiger partial charge is 0.410 e. The third-order valence-electron chi connectivity index (χ3n) is 5.22. The molecule has 0 fully saturated rings. The van der Waals surface area contributed by atoms with Crippen LogP contribution in [0.15, 0.2) is 49.1 Å². The number of carbonyl (C=O) groups excluding carboxylic acids is 1. The Morgan fingerprint density at radius 3 is 2.61 bits per heavy atom. The molecule has 0 radical (unpaired) electrons. The van der Waals surface area contributed by atoms with Gasteiger partial charge in [0.2, 0.25) is 5.88 Å². The molecule has 0 saturated carbocycles. The molecule has 2 heterocycles. The van der Waals surface area contributed by atoms with E-state index in [1.54, 1.807) is 17.0 Å². The molecule has 0 saturated heterocycles. The van der Waals surface area contributed by atoms with Crippen molar-refractivity contribution in [1.29, 1.82) is 0 Å². The van der Waals surface area contributed by atoms with Crippen molar-refractivity contribution in [1.82, 2.24) is 14.8 Å². The van der Waals surface area contributed by atoms with Gasteiger partial charge in [0, 0.05) is 50.1 Å². The number of benzene rings is 1. The Balaban J connectivity index is 1.63. The van der Waals surface area contributed by atoms with Gasteiger partial charge in [-0.1, -0.05) is 30.9 Å². The van der Waals surface area contributed by atoms with Crippen molar-refractivity contribution in [3.05, 3.63) is 71.7 Å². The number of hydrogen-bond donors (Lipinski definition) is 0. The van der Waals surface area contributed by atoms with E-state index in [-0.39, 0.29) is 18.5 Å². The lowest BCUT2D eigenvalue weighted by Crippen LogP contribution is -2.39. The van der Waals surface area contributed by atoms with Crippen molar-refractivity contribution in [2.24, 2.45) is 0 Å². The Morgan fingerprint density at radius 2 is 2.00 bits per heavy atom. The fourth-order valence-corrected chi connectivity index (χ4v) is 3.32. The lowest BCUT2D eigenvalue weighted by Gasteiger charge is -2.29. The zero-order chi connectivity index (χ0) is 24.2. The fraction of sp³-hybridized carbons (Fsp3) is 0.385. The van der Waals surface area contributed by atoms with Gasteiger partial charge in [-0.15, -0.1) is 0 Å². The van der Waals surface area contributed by atoms with Crippen molar-refractivity contribution in [2.45, 2.75) is 39.4 Å². The van der Waals surface area contributed by atoms with Crippen LogP contribution >= 0.6 is 0 Å². The van der Waals surface area contributed by atoms with Gasteiger partial charge in [-0.2, -0.15) is 0 Å². The molecule has 3 rings (SSSR count). The van der Waals surface area contributed by atoms with Crippen molar-refractivity contribution >= 4 is 17.4 Å². The van der Waals surface area contributed by atoms with Crippen LogP contribution < -0.4 is 4.74 Å². The highest BCUT2D eigenvalue weighted by atomic mass is 19.1. The summed E-state index contributed by atoms with van der Waals surface area (Å²) < 4.78 is 25.7. The highest BCUT2D eigenvalue weighted by Gasteiger charge is 2.24. The lowest BCUT2D eigenvalue weighted by molar-refractivity contribution is 0.0270. The highest BCUT2D eigenvalue weighted by Crippen LogP contribution is 2.24. The average molecular weight is 454 g/mol. The second-order valence-corrected chi connectivity index (χ2v) is 9.20. The number of carbonyl (C=O) groups is 1. The molecular formula is C26H32FN3O3. The molecule has 1 aliphatic rings. The lowest BCUT2D eigenvalue weighted by atomic mass is 10.0. The molecule has 1 aliphatic heterocycles. The van der Waals surface area contributed by atoms with E-state index in [2.05, 4.69) is 11.6 Å². The summed E-state index contributed by atoms with van der Waals surface area (Å²) in [7, 11) is 3.74. The van der Waals surface area contributed by atoms with Crippen LogP contribution in [0.3, 0.4) is 0 Å². The predicted molar refractivity (Wildman–Crippen MR) is 128 cm³/mol. The van der Waals surface area contributed by atoms with Gasteiger partial charge in [0.15, 0.2) is 0 Å². The third kappa shape index (κ3) is 6.57. The first-order chi connectivity index (χ1) is 15.5. The predicted octanol–water partition coefficient (Wildman–Crippen LogP) is 5.36. The molecule has 2 aromatic rings. The van der Waals surface area contributed by atoms with Crippen LogP contribution in [-0.4, -0.2) is 53.7 Å². The molecule has 0 aliphatic carbocycles. The average Bonchev–Trinajstić information content (AvgIpc) is 2.77. The summed E-state index contributed by atoms with van der Waals surface area (Å²) in [5.41, 5.74) is 3.22. The van der Waals surface area contributed by atoms with E-state index in [0.717, 1.165) is 22.5 Å². The SMILES string of the molecule is C=C(c1ccc(COc2cccc(C3=CCN(C(=O)OC(C)(C)C)CC3)n2)c(F)c1)N(C)C. The van der Waals surface area contributed by atoms with Crippen molar-refractivity contribution in [2.75, 3.05) is 27.2 Å². The van der Waals surface area contributed by atoms with Gasteiger partial charge in [0.05, 0.1) is 5.69 Å². The van der Waals surface area contributed by atoms with Gasteiger partial charge in [-0.25, -0.2) is 14.2 Å². The van der Waals surface area contributed by atoms with Crippen molar-refractivity contribution in [3.8, 4) is 5.88 Å². The Kier molecular flexibility index (Phi) is 7.41. The number of halogens is 1. The topological polar surface area (TPSA) is 54.9 Å². The molecule has 176 valence electrons. The van der Waals surface area contributed by atoms with E-state index in [9.17, 15) is 9.18 Å². The Labute approximate surface area is 195 Å². The number of pyridine rings is 1. The Hall–Kier alpha value is -3.35. The number of hydrogen-bond acceptors (Lipinski definition) is 5. The summed E-state index contributed by atoms with van der Waals surface area (Å²) in [5.74, 6) is 0.0769. The van der Waals surface area contributed by atoms with Gasteiger partial charge < -0.3 is 19.3 Å². The zero-order valence-corrected chi connectivity index (χ0v) is 20.0. The molecule has 1 amide bonds. The third-order valence-corrected chi connectivity index (χ3v) is 5.22. The van der Waals surface area contributed by atoms with Crippen molar-refractivity contribution in [3.63, 3.8) is 0 Å². The van der Waals surface area contributed by atoms with Gasteiger partial charge in [0.1, 0.15) is 18.0 Å². The number of amides is 1. The first-order valence-corrected chi connectivity index (χ1v) is 11.0. The zero-order valence-electron chi connectivity index (χ0n) is 20.0. The molecule has 0 bridgehead atoms. The van der Waals surface area contributed by atoms with Gasteiger partial charge in [-0.05, 0) is 44.9 Å². The molecule has 6 nitrogen and oxygen atoms in total. The van der Waals surface area contributed by atoms with Crippen LogP contribution in [0.4, 0.5) is 9.18 Å². The Morgan fingerprint density at radius 1 is 1.24 bits per heavy atom. The monoisotopic (exact) mass is 453 g/mol. The summed E-state index contributed by atoms with van der Waals surface area (Å²) in [6, 6.07) is 10.5. The minimum Gasteiger partial charge on any atom is -0.473 e. The maximum Gasteiger partial charge on any atom is 0.410 e. The molecule has 1 aromatic heterocycles. The van der Waals surface area contributed by atoms with Gasteiger partial charge in [-0.3, -0.25) is 0 Å². The van der Waals surface area contributed by atoms with Crippen molar-refractivity contribution < 1.29 is 18.7 Å². The quantitative estimate of drug-likeness (QED) is 0.590. The van der Waals surface area contributed by atoms with E-state index >= 15 is 0 Å². The molecule has 0 spiro atoms. The fourth-order valence-electron chi connectivity index (χ4n) is 3.32. The second-order valence-electron chi connectivity index (χ2n) is 9.20. The normalized spacial score (nSPS) is 13.9. The molecule has 7 heteroatoms. The van der Waals surface area contributed by atoms with E-state index in [1.165, 1.54) is 6.07 Å². The van der Waals surface area contributed by atoms with E-state index in [0.29, 0.717) is 31.0 Å². The summed E-state index contributed by atoms with van der Waals surface area (Å²) >= 11 is 0. The minimum absolute atomic E-state index is 0.0719. The second kappa shape index (κ2) is 10.1. The largest absolute Gasteiger partial charge is 0.473 e. The molecule has 0 atom stereocenters. The maximum atomic E-state index is 14.5. The first kappa shape index (κ1) is 24.3. The van der Waals surface area contributed by atoms with Crippen LogP contribution in [-0.2, 0) is 11.3 Å². The number of nitrogens with zero attached hydrogens (tertiary/aromatic N) is 3. The van der Waals surface area contributed by atoms with Crippen LogP contribution in [0, 0.1) is 5.82 Å². The standard InChI is InChI=1S/C26H32FN3O3/c1-18(29(5)6)20-10-11-21(22(27)16-20)17-32-24-9-7-8-23(28-24)19-12-14-30(15-13-19)25(31)33-26(2,3)4/h7-12,16H,1,13-15,17H2,2-6H3. The number of rotatable bonds is 6.